The van der Waals surface area contributed by atoms with Gasteiger partial charge < -0.3 is 9.15 Å². The molecule has 0 aliphatic carbocycles. The molecule has 0 fully saturated rings. The van der Waals surface area contributed by atoms with Crippen molar-refractivity contribution in [1.29, 1.82) is 0 Å². The van der Waals surface area contributed by atoms with E-state index in [1.54, 1.807) is 30.5 Å². The lowest BCUT2D eigenvalue weighted by atomic mass is 10.1. The van der Waals surface area contributed by atoms with Crippen molar-refractivity contribution in [1.82, 2.24) is 9.97 Å². The average molecular weight is 334 g/mol. The number of ether oxygens (including phenoxy) is 1. The van der Waals surface area contributed by atoms with Gasteiger partial charge in [0.2, 0.25) is 11.8 Å². The van der Waals surface area contributed by atoms with Gasteiger partial charge in [-0.2, -0.15) is 0 Å². The predicted octanol–water partition coefficient (Wildman–Crippen LogP) is 5.44. The number of oxazole rings is 1. The highest BCUT2D eigenvalue weighted by atomic mass is 19.1. The quantitative estimate of drug-likeness (QED) is 0.501. The molecule has 124 valence electrons. The fourth-order valence-electron chi connectivity index (χ4n) is 2.73. The second-order valence-electron chi connectivity index (χ2n) is 5.92. The van der Waals surface area contributed by atoms with Crippen molar-refractivity contribution in [3.8, 4) is 23.1 Å². The monoisotopic (exact) mass is 334 g/mol. The van der Waals surface area contributed by atoms with Gasteiger partial charge in [-0.3, -0.25) is 0 Å². The summed E-state index contributed by atoms with van der Waals surface area (Å²) in [6.45, 7) is 4.06. The Kier molecular flexibility index (Phi) is 3.69. The molecule has 4 nitrogen and oxygen atoms in total. The molecule has 4 aromatic rings. The van der Waals surface area contributed by atoms with Gasteiger partial charge in [0, 0.05) is 11.6 Å². The number of pyridine rings is 1. The summed E-state index contributed by atoms with van der Waals surface area (Å²) in [5.74, 6) is 0.439. The maximum atomic E-state index is 13.7. The van der Waals surface area contributed by atoms with Crippen LogP contribution in [0, 0.1) is 19.7 Å². The van der Waals surface area contributed by atoms with Gasteiger partial charge in [0.25, 0.3) is 0 Å². The fourth-order valence-corrected chi connectivity index (χ4v) is 2.73. The van der Waals surface area contributed by atoms with Crippen LogP contribution in [0.25, 0.3) is 22.6 Å². The number of halogens is 1. The highest BCUT2D eigenvalue weighted by Crippen LogP contribution is 2.29. The number of para-hydroxylation sites is 1. The number of aryl methyl sites for hydroxylation is 2. The van der Waals surface area contributed by atoms with Crippen LogP contribution >= 0.6 is 0 Å². The van der Waals surface area contributed by atoms with Crippen LogP contribution in [0.1, 0.15) is 11.1 Å². The normalized spacial score (nSPS) is 11.0. The lowest BCUT2D eigenvalue weighted by molar-refractivity contribution is 0.427. The van der Waals surface area contributed by atoms with Crippen LogP contribution in [0.5, 0.6) is 11.6 Å². The van der Waals surface area contributed by atoms with E-state index in [1.165, 1.54) is 6.07 Å². The van der Waals surface area contributed by atoms with E-state index in [1.807, 2.05) is 26.0 Å². The number of hydrogen-bond acceptors (Lipinski definition) is 4. The van der Waals surface area contributed by atoms with E-state index >= 15 is 0 Å². The SMILES string of the molecule is Cc1cc(C)cc(-c2nc3cnc(Oc4ccccc4F)cc3o2)c1. The van der Waals surface area contributed by atoms with Crippen LogP contribution in [0.2, 0.25) is 0 Å². The summed E-state index contributed by atoms with van der Waals surface area (Å²) < 4.78 is 25.0. The minimum Gasteiger partial charge on any atom is -0.436 e. The van der Waals surface area contributed by atoms with E-state index in [2.05, 4.69) is 16.0 Å². The zero-order chi connectivity index (χ0) is 17.4. The molecule has 0 aliphatic heterocycles. The zero-order valence-corrected chi connectivity index (χ0v) is 13.8. The predicted molar refractivity (Wildman–Crippen MR) is 93.2 cm³/mol. The smallest absolute Gasteiger partial charge is 0.227 e. The van der Waals surface area contributed by atoms with E-state index in [9.17, 15) is 4.39 Å². The van der Waals surface area contributed by atoms with Crippen molar-refractivity contribution in [2.45, 2.75) is 13.8 Å². The summed E-state index contributed by atoms with van der Waals surface area (Å²) in [4.78, 5) is 8.65. The standard InChI is InChI=1S/C20H15FN2O2/c1-12-7-13(2)9-14(8-12)20-23-16-11-22-19(10-18(16)25-20)24-17-6-4-3-5-15(17)21/h3-11H,1-2H3. The minimum atomic E-state index is -0.446. The van der Waals surface area contributed by atoms with E-state index in [-0.39, 0.29) is 11.6 Å². The van der Waals surface area contributed by atoms with E-state index < -0.39 is 5.82 Å². The molecule has 25 heavy (non-hydrogen) atoms. The lowest BCUT2D eigenvalue weighted by Gasteiger charge is -2.04. The molecule has 2 heterocycles. The van der Waals surface area contributed by atoms with Crippen LogP contribution < -0.4 is 4.74 Å². The first-order valence-electron chi connectivity index (χ1n) is 7.86. The van der Waals surface area contributed by atoms with Crippen LogP contribution in [-0.4, -0.2) is 9.97 Å². The molecular weight excluding hydrogens is 319 g/mol. The third kappa shape index (κ3) is 3.08. The van der Waals surface area contributed by atoms with Gasteiger partial charge >= 0.3 is 0 Å². The molecule has 4 rings (SSSR count). The zero-order valence-electron chi connectivity index (χ0n) is 13.8. The third-order valence-electron chi connectivity index (χ3n) is 3.77. The Labute approximate surface area is 143 Å². The summed E-state index contributed by atoms with van der Waals surface area (Å²) >= 11 is 0. The van der Waals surface area contributed by atoms with Crippen LogP contribution in [0.4, 0.5) is 4.39 Å². The van der Waals surface area contributed by atoms with E-state index in [4.69, 9.17) is 9.15 Å². The molecule has 0 amide bonds. The van der Waals surface area contributed by atoms with Crippen LogP contribution in [0.15, 0.2) is 59.1 Å². The molecule has 0 unspecified atom stereocenters. The van der Waals surface area contributed by atoms with Crippen molar-refractivity contribution in [3.05, 3.63) is 71.7 Å². The lowest BCUT2D eigenvalue weighted by Crippen LogP contribution is -1.90. The largest absolute Gasteiger partial charge is 0.436 e. The van der Waals surface area contributed by atoms with Crippen molar-refractivity contribution < 1.29 is 13.5 Å². The van der Waals surface area contributed by atoms with Gasteiger partial charge in [0.15, 0.2) is 17.1 Å². The van der Waals surface area contributed by atoms with Crippen molar-refractivity contribution in [3.63, 3.8) is 0 Å². The highest BCUT2D eigenvalue weighted by Gasteiger charge is 2.12. The second-order valence-corrected chi connectivity index (χ2v) is 5.92. The summed E-state index contributed by atoms with van der Waals surface area (Å²) in [5, 5.41) is 0. The van der Waals surface area contributed by atoms with Crippen LogP contribution in [-0.2, 0) is 0 Å². The molecule has 2 aromatic carbocycles. The number of benzene rings is 2. The Bertz CT molecular complexity index is 1050. The molecule has 0 radical (unpaired) electrons. The van der Waals surface area contributed by atoms with Crippen LogP contribution in [0.3, 0.4) is 0 Å². The van der Waals surface area contributed by atoms with Gasteiger partial charge in [-0.1, -0.05) is 29.3 Å². The molecule has 0 bridgehead atoms. The first-order valence-corrected chi connectivity index (χ1v) is 7.86. The molecule has 0 saturated heterocycles. The van der Waals surface area contributed by atoms with Crippen molar-refractivity contribution >= 4 is 11.1 Å². The van der Waals surface area contributed by atoms with Crippen molar-refractivity contribution in [2.75, 3.05) is 0 Å². The molecule has 0 N–H and O–H groups in total. The first-order chi connectivity index (χ1) is 12.1. The molecule has 0 atom stereocenters. The van der Waals surface area contributed by atoms with Gasteiger partial charge in [0.05, 0.1) is 6.20 Å². The number of nitrogens with zero attached hydrogens (tertiary/aromatic N) is 2. The minimum absolute atomic E-state index is 0.114. The molecule has 0 aliphatic rings. The summed E-state index contributed by atoms with van der Waals surface area (Å²) in [6.07, 6.45) is 1.56. The number of hydrogen-bond donors (Lipinski definition) is 0. The summed E-state index contributed by atoms with van der Waals surface area (Å²) in [6, 6.07) is 13.9. The summed E-state index contributed by atoms with van der Waals surface area (Å²) in [5.41, 5.74) is 4.34. The number of aromatic nitrogens is 2. The third-order valence-corrected chi connectivity index (χ3v) is 3.77. The average Bonchev–Trinajstić information content (AvgIpc) is 2.99. The Morgan fingerprint density at radius 3 is 2.52 bits per heavy atom. The Balaban J connectivity index is 1.71. The summed E-state index contributed by atoms with van der Waals surface area (Å²) in [7, 11) is 0. The Morgan fingerprint density at radius 1 is 1.00 bits per heavy atom. The molecule has 0 spiro atoms. The maximum Gasteiger partial charge on any atom is 0.227 e. The second kappa shape index (κ2) is 6.02. The molecule has 2 aromatic heterocycles. The van der Waals surface area contributed by atoms with Gasteiger partial charge in [0.1, 0.15) is 5.52 Å². The number of rotatable bonds is 3. The fraction of sp³-hybridized carbons (Fsp3) is 0.100. The van der Waals surface area contributed by atoms with E-state index in [0.717, 1.165) is 16.7 Å². The molecular formula is C20H15FN2O2. The Morgan fingerprint density at radius 2 is 1.76 bits per heavy atom. The van der Waals surface area contributed by atoms with Gasteiger partial charge in [-0.25, -0.2) is 14.4 Å². The van der Waals surface area contributed by atoms with E-state index in [0.29, 0.717) is 17.0 Å². The number of fused-ring (bicyclic) bond motifs is 1. The molecule has 5 heteroatoms. The first kappa shape index (κ1) is 15.3. The van der Waals surface area contributed by atoms with Gasteiger partial charge in [-0.05, 0) is 38.1 Å². The maximum absolute atomic E-state index is 13.7. The molecule has 0 saturated carbocycles. The highest BCUT2D eigenvalue weighted by molar-refractivity contribution is 5.76. The Hall–Kier alpha value is -3.21. The van der Waals surface area contributed by atoms with Gasteiger partial charge in [-0.15, -0.1) is 0 Å². The van der Waals surface area contributed by atoms with Crippen molar-refractivity contribution in [2.24, 2.45) is 0 Å². The topological polar surface area (TPSA) is 48.2 Å².